The van der Waals surface area contributed by atoms with Gasteiger partial charge in [0, 0.05) is 43.1 Å². The molecule has 14 rings (SSSR count). The van der Waals surface area contributed by atoms with Crippen molar-refractivity contribution in [1.82, 2.24) is 24.1 Å². The summed E-state index contributed by atoms with van der Waals surface area (Å²) in [5.74, 6) is 1.30. The molecule has 1 aliphatic rings. The molecule has 5 heterocycles. The molecule has 0 radical (unpaired) electrons. The summed E-state index contributed by atoms with van der Waals surface area (Å²) in [4.78, 5) is 1.76. The van der Waals surface area contributed by atoms with Crippen LogP contribution >= 0.6 is 0 Å². The van der Waals surface area contributed by atoms with E-state index in [9.17, 15) is 0 Å². The van der Waals surface area contributed by atoms with Gasteiger partial charge in [-0.1, -0.05) is 164 Å². The molecule has 0 saturated carbocycles. The van der Waals surface area contributed by atoms with Gasteiger partial charge in [-0.15, -0.1) is 9.90 Å². The summed E-state index contributed by atoms with van der Waals surface area (Å²) in [5, 5.41) is 19.4. The maximum Gasteiger partial charge on any atom is 0.180 e. The highest BCUT2D eigenvalue weighted by atomic mass is 16.3. The highest BCUT2D eigenvalue weighted by molar-refractivity contribution is 6.14. The fraction of sp³-hybridized carbons (Fsp3) is 0.206. The van der Waals surface area contributed by atoms with Gasteiger partial charge in [0.15, 0.2) is 17.0 Å². The van der Waals surface area contributed by atoms with E-state index in [1.165, 1.54) is 22.8 Å². The van der Waals surface area contributed by atoms with Gasteiger partial charge in [0.25, 0.3) is 0 Å². The first-order valence-electron chi connectivity index (χ1n) is 26.5. The van der Waals surface area contributed by atoms with Gasteiger partial charge in [0.1, 0.15) is 16.9 Å². The van der Waals surface area contributed by atoms with Gasteiger partial charge in [-0.25, -0.2) is 0 Å². The second-order valence-electron chi connectivity index (χ2n) is 23.8. The summed E-state index contributed by atoms with van der Waals surface area (Å²) in [7, 11) is 0. The molecule has 0 amide bonds. The lowest BCUT2D eigenvalue weighted by Crippen LogP contribution is -2.31. The molecule has 0 bridgehead atoms. The first kappa shape index (κ1) is 45.2. The van der Waals surface area contributed by atoms with Crippen molar-refractivity contribution in [2.45, 2.75) is 67.7 Å². The molecule has 368 valence electrons. The van der Waals surface area contributed by atoms with Crippen molar-refractivity contribution in [3.05, 3.63) is 194 Å². The Kier molecular flexibility index (Phi) is 9.97. The summed E-state index contributed by atoms with van der Waals surface area (Å²) in [6, 6.07) is 58.5. The molecule has 0 spiro atoms. The Morgan fingerprint density at radius 3 is 1.81 bits per heavy atom. The lowest BCUT2D eigenvalue weighted by Gasteiger charge is -2.41. The summed E-state index contributed by atoms with van der Waals surface area (Å²) >= 11 is 0. The molecule has 2 atom stereocenters. The molecular weight excluding hydrogens is 919 g/mol. The first-order chi connectivity index (χ1) is 36.2. The molecule has 1 aliphatic carbocycles. The number of fused-ring (bicyclic) bond motifs is 12. The number of aromatic nitrogens is 5. The van der Waals surface area contributed by atoms with E-state index in [1.807, 2.05) is 18.3 Å². The maximum atomic E-state index is 6.78. The molecule has 13 aromatic rings. The Balaban J connectivity index is 0.855. The van der Waals surface area contributed by atoms with Crippen LogP contribution in [0.5, 0.6) is 0 Å². The van der Waals surface area contributed by atoms with E-state index in [0.717, 1.165) is 123 Å². The fourth-order valence-corrected chi connectivity index (χ4v) is 12.6. The van der Waals surface area contributed by atoms with Crippen molar-refractivity contribution in [2.75, 3.05) is 0 Å². The highest BCUT2D eigenvalue weighted by Gasteiger charge is 2.36. The molecule has 7 heteroatoms. The number of rotatable bonds is 8. The number of allylic oxidation sites excluding steroid dienone is 4. The van der Waals surface area contributed by atoms with Crippen molar-refractivity contribution in [3.8, 4) is 28.3 Å². The molecule has 0 fully saturated rings. The standard InChI is InChI=1S/C68H59N5O2/c1-66(2,3)39-46(67(4,5)6)40-68(7)33-17-18-44(38-68)45-36-54-50-22-11-15-28-61(50)74-65(54)60(37-45)73-69-41-63(70-73)72-57-26-14-10-21-49(57)52-34-42(29-31-58(52)72)43-30-32-62-53(35-43)51-23-16-27-59(64(51)75-62)71-55-24-12-8-19-47(55)48-20-9-13-25-56(48)71/h8-32,34-38,41,46H,33,39-40H2,1-7H3. The molecule has 0 saturated heterocycles. The number of benzene rings is 8. The van der Waals surface area contributed by atoms with Gasteiger partial charge in [-0.2, -0.15) is 5.10 Å². The molecule has 75 heavy (non-hydrogen) atoms. The maximum absolute atomic E-state index is 6.78. The van der Waals surface area contributed by atoms with Crippen molar-refractivity contribution < 1.29 is 8.83 Å². The monoisotopic (exact) mass is 977 g/mol. The van der Waals surface area contributed by atoms with E-state index < -0.39 is 0 Å². The average Bonchev–Trinajstić information content (AvgIpc) is 4.29. The van der Waals surface area contributed by atoms with Gasteiger partial charge >= 0.3 is 0 Å². The lowest BCUT2D eigenvalue weighted by atomic mass is 9.64. The van der Waals surface area contributed by atoms with Crippen LogP contribution in [0.2, 0.25) is 0 Å². The van der Waals surface area contributed by atoms with E-state index in [1.54, 1.807) is 4.80 Å². The normalized spacial score (nSPS) is 16.0. The predicted octanol–water partition coefficient (Wildman–Crippen LogP) is 18.8. The van der Waals surface area contributed by atoms with Gasteiger partial charge in [0.2, 0.25) is 0 Å². The SMILES string of the molecule is CC(C)(C)CC(CC1(C)C=C(c2cc(-n3ncc(-n4c5ccccc5c5cc(-c6ccc7oc8c(-n9c%10ccccc%10c%10ccccc%109)cccc8c7c6)ccc54)n3)c3oc4ccccc4c3c2)C=CC1)C(C)(C)C. The van der Waals surface area contributed by atoms with Crippen LogP contribution in [0.25, 0.3) is 121 Å². The third kappa shape index (κ3) is 7.45. The van der Waals surface area contributed by atoms with E-state index >= 15 is 0 Å². The Morgan fingerprint density at radius 2 is 1.11 bits per heavy atom. The number of furan rings is 2. The van der Waals surface area contributed by atoms with Crippen LogP contribution in [0.1, 0.15) is 73.3 Å². The second kappa shape index (κ2) is 16.5. The molecule has 8 aromatic carbocycles. The highest BCUT2D eigenvalue weighted by Crippen LogP contribution is 2.48. The van der Waals surface area contributed by atoms with Crippen molar-refractivity contribution >= 4 is 93.1 Å². The Bertz CT molecular complexity index is 4460. The summed E-state index contributed by atoms with van der Waals surface area (Å²) in [6.07, 6.45) is 12.4. The quantitative estimate of drug-likeness (QED) is 0.152. The van der Waals surface area contributed by atoms with Gasteiger partial charge in [0.05, 0.1) is 34.0 Å². The number of para-hydroxylation sites is 5. The number of hydrogen-bond acceptors (Lipinski definition) is 4. The molecule has 2 unspecified atom stereocenters. The zero-order valence-corrected chi connectivity index (χ0v) is 43.6. The van der Waals surface area contributed by atoms with Crippen LogP contribution in [0.3, 0.4) is 0 Å². The zero-order valence-electron chi connectivity index (χ0n) is 43.6. The van der Waals surface area contributed by atoms with Crippen LogP contribution in [0.4, 0.5) is 0 Å². The number of hydrogen-bond donors (Lipinski definition) is 0. The van der Waals surface area contributed by atoms with Crippen LogP contribution in [0, 0.1) is 22.2 Å². The topological polar surface area (TPSA) is 66.8 Å². The minimum Gasteiger partial charge on any atom is -0.454 e. The Hall–Kier alpha value is -8.42. The zero-order chi connectivity index (χ0) is 51.0. The predicted molar refractivity (Wildman–Crippen MR) is 312 cm³/mol. The largest absolute Gasteiger partial charge is 0.454 e. The minimum absolute atomic E-state index is 0.00798. The van der Waals surface area contributed by atoms with E-state index in [4.69, 9.17) is 19.0 Å². The molecule has 7 nitrogen and oxygen atoms in total. The van der Waals surface area contributed by atoms with E-state index in [-0.39, 0.29) is 16.2 Å². The smallest absolute Gasteiger partial charge is 0.180 e. The van der Waals surface area contributed by atoms with Gasteiger partial charge in [-0.3, -0.25) is 4.57 Å². The van der Waals surface area contributed by atoms with Crippen molar-refractivity contribution in [3.63, 3.8) is 0 Å². The molecule has 5 aromatic heterocycles. The molecule has 0 aliphatic heterocycles. The van der Waals surface area contributed by atoms with E-state index in [2.05, 4.69) is 227 Å². The fourth-order valence-electron chi connectivity index (χ4n) is 12.6. The van der Waals surface area contributed by atoms with Crippen LogP contribution in [0.15, 0.2) is 197 Å². The Labute approximate surface area is 436 Å². The van der Waals surface area contributed by atoms with Gasteiger partial charge < -0.3 is 13.4 Å². The van der Waals surface area contributed by atoms with Crippen LogP contribution < -0.4 is 0 Å². The van der Waals surface area contributed by atoms with Crippen molar-refractivity contribution in [2.24, 2.45) is 22.2 Å². The summed E-state index contributed by atoms with van der Waals surface area (Å²) in [6.45, 7) is 16.8. The molecule has 0 N–H and O–H groups in total. The van der Waals surface area contributed by atoms with Gasteiger partial charge in [-0.05, 0) is 130 Å². The second-order valence-corrected chi connectivity index (χ2v) is 23.8. The average molecular weight is 978 g/mol. The van der Waals surface area contributed by atoms with E-state index in [0.29, 0.717) is 5.92 Å². The lowest BCUT2D eigenvalue weighted by molar-refractivity contribution is 0.119. The first-order valence-corrected chi connectivity index (χ1v) is 26.5. The Morgan fingerprint density at radius 1 is 0.533 bits per heavy atom. The third-order valence-corrected chi connectivity index (χ3v) is 16.2. The minimum atomic E-state index is 0.00798. The summed E-state index contributed by atoms with van der Waals surface area (Å²) in [5.41, 5.74) is 14.6. The van der Waals surface area contributed by atoms with Crippen LogP contribution in [-0.2, 0) is 0 Å². The third-order valence-electron chi connectivity index (χ3n) is 16.2. The van der Waals surface area contributed by atoms with Crippen LogP contribution in [-0.4, -0.2) is 24.1 Å². The summed E-state index contributed by atoms with van der Waals surface area (Å²) < 4.78 is 18.1. The number of nitrogens with zero attached hydrogens (tertiary/aromatic N) is 5. The van der Waals surface area contributed by atoms with Crippen molar-refractivity contribution in [1.29, 1.82) is 0 Å². The molecular formula is C68H59N5O2.